The number of aromatic nitrogens is 3. The Balaban J connectivity index is 1.27. The maximum atomic E-state index is 6.23. The zero-order chi connectivity index (χ0) is 19.8. The molecule has 0 amide bonds. The van der Waals surface area contributed by atoms with Crippen LogP contribution in [0.1, 0.15) is 30.4 Å². The Morgan fingerprint density at radius 3 is 2.62 bits per heavy atom. The van der Waals surface area contributed by atoms with Crippen LogP contribution in [0.15, 0.2) is 58.8 Å². The lowest BCUT2D eigenvalue weighted by molar-refractivity contribution is 0.329. The lowest BCUT2D eigenvalue weighted by Crippen LogP contribution is -2.42. The molecular weight excluding hydrogens is 402 g/mol. The van der Waals surface area contributed by atoms with E-state index in [2.05, 4.69) is 44.1 Å². The molecule has 2 aliphatic rings. The fourth-order valence-corrected chi connectivity index (χ4v) is 5.59. The zero-order valence-corrected chi connectivity index (χ0v) is 17.6. The van der Waals surface area contributed by atoms with Crippen LogP contribution >= 0.6 is 23.4 Å². The van der Waals surface area contributed by atoms with E-state index in [1.54, 1.807) is 11.8 Å². The number of hydrogen-bond acceptors (Lipinski definition) is 6. The molecule has 1 aliphatic carbocycles. The van der Waals surface area contributed by atoms with Gasteiger partial charge in [-0.1, -0.05) is 47.6 Å². The first-order valence-corrected chi connectivity index (χ1v) is 11.1. The zero-order valence-electron chi connectivity index (χ0n) is 16.0. The van der Waals surface area contributed by atoms with Crippen LogP contribution in [0.2, 0.25) is 5.02 Å². The minimum absolute atomic E-state index is 0.331. The molecule has 5 nitrogen and oxygen atoms in total. The second kappa shape index (κ2) is 7.50. The molecule has 1 spiro atoms. The molecule has 0 radical (unpaired) electrons. The molecule has 5 rings (SSSR count). The molecule has 2 aromatic heterocycles. The van der Waals surface area contributed by atoms with Gasteiger partial charge in [0, 0.05) is 24.2 Å². The standard InChI is InChI=1S/C22H22ClN5S/c23-20-17(6-10-25-21(20)24)29-19-14-26-18(13-27-19)28-11-8-22(9-12-28)7-5-15-3-1-2-4-16(15)22/h1-4,6,10,13-14H,5,7-9,11-12H2,(H2,24,25). The van der Waals surface area contributed by atoms with E-state index in [0.29, 0.717) is 16.3 Å². The van der Waals surface area contributed by atoms with Crippen molar-refractivity contribution >= 4 is 35.0 Å². The van der Waals surface area contributed by atoms with Gasteiger partial charge in [-0.25, -0.2) is 15.0 Å². The Kier molecular flexibility index (Phi) is 4.84. The highest BCUT2D eigenvalue weighted by molar-refractivity contribution is 7.99. The second-order valence-electron chi connectivity index (χ2n) is 7.75. The monoisotopic (exact) mass is 423 g/mol. The second-order valence-corrected chi connectivity index (χ2v) is 9.19. The van der Waals surface area contributed by atoms with Crippen molar-refractivity contribution in [1.29, 1.82) is 0 Å². The number of nitrogens with zero attached hydrogens (tertiary/aromatic N) is 4. The Morgan fingerprint density at radius 1 is 1.00 bits per heavy atom. The molecule has 1 aromatic carbocycles. The van der Waals surface area contributed by atoms with Gasteiger partial charge in [-0.15, -0.1) is 0 Å². The average molecular weight is 424 g/mol. The van der Waals surface area contributed by atoms with E-state index in [4.69, 9.17) is 17.3 Å². The summed E-state index contributed by atoms with van der Waals surface area (Å²) >= 11 is 7.67. The first-order chi connectivity index (χ1) is 14.1. The van der Waals surface area contributed by atoms with Gasteiger partial charge in [0.25, 0.3) is 0 Å². The van der Waals surface area contributed by atoms with Crippen LogP contribution in [-0.4, -0.2) is 28.0 Å². The smallest absolute Gasteiger partial charge is 0.147 e. The molecule has 148 valence electrons. The van der Waals surface area contributed by atoms with Crippen LogP contribution in [0.25, 0.3) is 0 Å². The van der Waals surface area contributed by atoms with E-state index in [1.165, 1.54) is 43.0 Å². The molecule has 7 heteroatoms. The minimum atomic E-state index is 0.331. The van der Waals surface area contributed by atoms with E-state index in [9.17, 15) is 0 Å². The number of nitrogens with two attached hydrogens (primary N) is 1. The number of fused-ring (bicyclic) bond motifs is 2. The number of aryl methyl sites for hydroxylation is 1. The van der Waals surface area contributed by atoms with Gasteiger partial charge >= 0.3 is 0 Å². The molecule has 29 heavy (non-hydrogen) atoms. The molecule has 2 N–H and O–H groups in total. The van der Waals surface area contributed by atoms with Crippen LogP contribution < -0.4 is 10.6 Å². The van der Waals surface area contributed by atoms with Crippen LogP contribution in [-0.2, 0) is 11.8 Å². The third kappa shape index (κ3) is 3.45. The third-order valence-electron chi connectivity index (χ3n) is 6.22. The number of pyridine rings is 1. The van der Waals surface area contributed by atoms with E-state index in [0.717, 1.165) is 28.8 Å². The molecule has 0 unspecified atom stereocenters. The third-order valence-corrected chi connectivity index (χ3v) is 7.71. The first kappa shape index (κ1) is 18.7. The van der Waals surface area contributed by atoms with Crippen molar-refractivity contribution in [3.63, 3.8) is 0 Å². The van der Waals surface area contributed by atoms with E-state index >= 15 is 0 Å². The predicted octanol–water partition coefficient (Wildman–Crippen LogP) is 4.74. The molecule has 0 bridgehead atoms. The van der Waals surface area contributed by atoms with Crippen molar-refractivity contribution in [2.24, 2.45) is 0 Å². The molecule has 1 aliphatic heterocycles. The number of hydrogen-bond donors (Lipinski definition) is 1. The Morgan fingerprint density at radius 2 is 1.83 bits per heavy atom. The predicted molar refractivity (Wildman–Crippen MR) is 118 cm³/mol. The van der Waals surface area contributed by atoms with E-state index < -0.39 is 0 Å². The van der Waals surface area contributed by atoms with Crippen molar-refractivity contribution in [3.8, 4) is 0 Å². The van der Waals surface area contributed by atoms with Crippen LogP contribution in [0, 0.1) is 0 Å². The van der Waals surface area contributed by atoms with Crippen molar-refractivity contribution in [1.82, 2.24) is 15.0 Å². The molecule has 1 saturated heterocycles. The van der Waals surface area contributed by atoms with Gasteiger partial charge in [-0.3, -0.25) is 0 Å². The lowest BCUT2D eigenvalue weighted by atomic mass is 9.74. The number of benzene rings is 1. The highest BCUT2D eigenvalue weighted by Crippen LogP contribution is 2.46. The lowest BCUT2D eigenvalue weighted by Gasteiger charge is -2.40. The number of anilines is 2. The van der Waals surface area contributed by atoms with Crippen LogP contribution in [0.4, 0.5) is 11.6 Å². The van der Waals surface area contributed by atoms with Crippen molar-refractivity contribution in [2.75, 3.05) is 23.7 Å². The summed E-state index contributed by atoms with van der Waals surface area (Å²) in [6.07, 6.45) is 10.2. The number of piperidine rings is 1. The van der Waals surface area contributed by atoms with E-state index in [1.807, 2.05) is 18.5 Å². The SMILES string of the molecule is Nc1nccc(Sc2cnc(N3CCC4(CCc5ccccc54)CC3)cn2)c1Cl. The minimum Gasteiger partial charge on any atom is -0.382 e. The Labute approximate surface area is 179 Å². The Hall–Kier alpha value is -2.31. The number of rotatable bonds is 3. The summed E-state index contributed by atoms with van der Waals surface area (Å²) in [7, 11) is 0. The molecular formula is C22H22ClN5S. The van der Waals surface area contributed by atoms with Gasteiger partial charge in [0.05, 0.1) is 17.4 Å². The summed E-state index contributed by atoms with van der Waals surface area (Å²) in [6.45, 7) is 2.03. The molecule has 0 saturated carbocycles. The normalized spacial score (nSPS) is 17.5. The van der Waals surface area contributed by atoms with Gasteiger partial charge in [0.2, 0.25) is 0 Å². The van der Waals surface area contributed by atoms with E-state index in [-0.39, 0.29) is 0 Å². The summed E-state index contributed by atoms with van der Waals surface area (Å²) in [5, 5.41) is 1.25. The summed E-state index contributed by atoms with van der Waals surface area (Å²) in [6, 6.07) is 10.8. The first-order valence-electron chi connectivity index (χ1n) is 9.88. The van der Waals surface area contributed by atoms with Gasteiger partial charge in [-0.2, -0.15) is 0 Å². The molecule has 0 atom stereocenters. The molecule has 1 fully saturated rings. The fraction of sp³-hybridized carbons (Fsp3) is 0.318. The summed E-state index contributed by atoms with van der Waals surface area (Å²) < 4.78 is 0. The summed E-state index contributed by atoms with van der Waals surface area (Å²) in [5.41, 5.74) is 9.25. The van der Waals surface area contributed by atoms with Crippen molar-refractivity contribution in [3.05, 3.63) is 65.1 Å². The van der Waals surface area contributed by atoms with Crippen LogP contribution in [0.3, 0.4) is 0 Å². The largest absolute Gasteiger partial charge is 0.382 e. The highest BCUT2D eigenvalue weighted by atomic mass is 35.5. The maximum absolute atomic E-state index is 6.23. The van der Waals surface area contributed by atoms with Crippen molar-refractivity contribution in [2.45, 2.75) is 41.0 Å². The molecule has 3 aromatic rings. The van der Waals surface area contributed by atoms with Gasteiger partial charge in [-0.05, 0) is 48.3 Å². The summed E-state index contributed by atoms with van der Waals surface area (Å²) in [5.74, 6) is 1.27. The summed E-state index contributed by atoms with van der Waals surface area (Å²) in [4.78, 5) is 16.4. The molecule has 3 heterocycles. The van der Waals surface area contributed by atoms with Crippen molar-refractivity contribution < 1.29 is 0 Å². The van der Waals surface area contributed by atoms with Gasteiger partial charge in [0.1, 0.15) is 16.7 Å². The number of nitrogen functional groups attached to an aromatic ring is 1. The Bertz CT molecular complexity index is 1030. The van der Waals surface area contributed by atoms with Gasteiger partial charge < -0.3 is 10.6 Å². The highest BCUT2D eigenvalue weighted by Gasteiger charge is 2.41. The fourth-order valence-electron chi connectivity index (χ4n) is 4.61. The average Bonchev–Trinajstić information content (AvgIpc) is 3.11. The number of halogens is 1. The quantitative estimate of drug-likeness (QED) is 0.656. The topological polar surface area (TPSA) is 67.9 Å². The van der Waals surface area contributed by atoms with Crippen LogP contribution in [0.5, 0.6) is 0 Å². The maximum Gasteiger partial charge on any atom is 0.147 e. The van der Waals surface area contributed by atoms with Gasteiger partial charge in [0.15, 0.2) is 0 Å².